The lowest BCUT2D eigenvalue weighted by Gasteiger charge is -2.28. The van der Waals surface area contributed by atoms with Crippen LogP contribution in [-0.4, -0.2) is 19.5 Å². The minimum atomic E-state index is -1.57. The first-order valence-corrected chi connectivity index (χ1v) is 11.0. The molecule has 0 aromatic heterocycles. The predicted octanol–water partition coefficient (Wildman–Crippen LogP) is 7.61. The van der Waals surface area contributed by atoms with E-state index < -0.39 is 23.3 Å². The molecule has 0 amide bonds. The highest BCUT2D eigenvalue weighted by molar-refractivity contribution is 5.76. The Bertz CT molecular complexity index is 1040. The fraction of sp³-hybridized carbons (Fsp3) is 0.333. The van der Waals surface area contributed by atoms with Crippen molar-refractivity contribution in [2.24, 2.45) is 5.92 Å². The molecule has 0 atom stereocenters. The largest absolute Gasteiger partial charge is 0.348 e. The molecule has 0 spiro atoms. The number of rotatable bonds is 7. The summed E-state index contributed by atoms with van der Waals surface area (Å²) in [6, 6.07) is 6.00. The van der Waals surface area contributed by atoms with Gasteiger partial charge in [-0.15, -0.1) is 0 Å². The van der Waals surface area contributed by atoms with Crippen LogP contribution < -0.4 is 0 Å². The van der Waals surface area contributed by atoms with E-state index in [9.17, 15) is 17.6 Å². The van der Waals surface area contributed by atoms with Crippen molar-refractivity contribution >= 4 is 5.57 Å². The smallest absolute Gasteiger partial charge is 0.194 e. The lowest BCUT2D eigenvalue weighted by atomic mass is 9.98. The number of halogens is 4. The second kappa shape index (κ2) is 11.4. The van der Waals surface area contributed by atoms with Crippen molar-refractivity contribution in [3.8, 4) is 11.1 Å². The molecule has 0 aliphatic carbocycles. The Balaban J connectivity index is 1.73. The normalized spacial score (nSPS) is 20.0. The predicted molar refractivity (Wildman–Crippen MR) is 122 cm³/mol. The minimum Gasteiger partial charge on any atom is -0.348 e. The topological polar surface area (TPSA) is 18.5 Å². The standard InChI is InChI=1S/C27H28F4O2/c1-4-7-19(9-6-5-8-18(3)27-32-15-17(2)16-33-27)20-10-11-22(23(28)12-20)21-13-24(29)26(31)25(30)14-21/h4,7-14,17,27H,5-6,15-16H2,1-3H3/b7-4-,18-8+,19-9+. The molecule has 2 aromatic carbocycles. The van der Waals surface area contributed by atoms with Gasteiger partial charge < -0.3 is 9.47 Å². The zero-order valence-corrected chi connectivity index (χ0v) is 19.0. The summed E-state index contributed by atoms with van der Waals surface area (Å²) in [6.45, 7) is 7.28. The van der Waals surface area contributed by atoms with Gasteiger partial charge in [0.25, 0.3) is 0 Å². The molecule has 0 bridgehead atoms. The van der Waals surface area contributed by atoms with Gasteiger partial charge in [0.15, 0.2) is 23.7 Å². The molecule has 1 aliphatic heterocycles. The lowest BCUT2D eigenvalue weighted by molar-refractivity contribution is -0.176. The quantitative estimate of drug-likeness (QED) is 0.139. The third kappa shape index (κ3) is 6.42. The second-order valence-electron chi connectivity index (χ2n) is 8.24. The summed E-state index contributed by atoms with van der Waals surface area (Å²) in [7, 11) is 0. The molecule has 3 rings (SSSR count). The molecule has 1 aliphatic rings. The summed E-state index contributed by atoms with van der Waals surface area (Å²) >= 11 is 0. The van der Waals surface area contributed by atoms with Crippen molar-refractivity contribution < 1.29 is 27.0 Å². The van der Waals surface area contributed by atoms with Gasteiger partial charge in [0.2, 0.25) is 0 Å². The van der Waals surface area contributed by atoms with Crippen LogP contribution in [0.5, 0.6) is 0 Å². The Hall–Kier alpha value is -2.70. The van der Waals surface area contributed by atoms with E-state index in [-0.39, 0.29) is 17.4 Å². The molecule has 2 aromatic rings. The van der Waals surface area contributed by atoms with E-state index in [0.29, 0.717) is 24.7 Å². The van der Waals surface area contributed by atoms with Gasteiger partial charge in [0.05, 0.1) is 13.2 Å². The molecular formula is C27H28F4O2. The molecule has 2 nitrogen and oxygen atoms in total. The Morgan fingerprint density at radius 1 is 0.939 bits per heavy atom. The zero-order chi connectivity index (χ0) is 24.0. The average Bonchev–Trinajstić information content (AvgIpc) is 2.79. The van der Waals surface area contributed by atoms with Crippen molar-refractivity contribution in [1.82, 2.24) is 0 Å². The molecule has 0 unspecified atom stereocenters. The van der Waals surface area contributed by atoms with Gasteiger partial charge >= 0.3 is 0 Å². The zero-order valence-electron chi connectivity index (χ0n) is 19.0. The number of hydrogen-bond acceptors (Lipinski definition) is 2. The van der Waals surface area contributed by atoms with Crippen LogP contribution >= 0.6 is 0 Å². The fourth-order valence-electron chi connectivity index (χ4n) is 3.61. The van der Waals surface area contributed by atoms with Crippen LogP contribution in [0, 0.1) is 29.2 Å². The number of benzene rings is 2. The molecule has 6 heteroatoms. The summed E-state index contributed by atoms with van der Waals surface area (Å²) in [5.41, 5.74) is 2.42. The van der Waals surface area contributed by atoms with Gasteiger partial charge in [-0.25, -0.2) is 17.6 Å². The van der Waals surface area contributed by atoms with Crippen LogP contribution in [0.2, 0.25) is 0 Å². The third-order valence-corrected chi connectivity index (χ3v) is 5.38. The SMILES string of the molecule is C/C=C\C(=C/CC/C=C(\C)C1OCC(C)CO1)c1ccc(-c2cc(F)c(F)c(F)c2)c(F)c1. The van der Waals surface area contributed by atoms with Crippen molar-refractivity contribution in [3.63, 3.8) is 0 Å². The van der Waals surface area contributed by atoms with E-state index in [2.05, 4.69) is 13.0 Å². The molecule has 176 valence electrons. The second-order valence-corrected chi connectivity index (χ2v) is 8.24. The Kier molecular flexibility index (Phi) is 8.64. The number of hydrogen-bond donors (Lipinski definition) is 0. The van der Waals surface area contributed by atoms with Crippen LogP contribution in [-0.2, 0) is 9.47 Å². The maximum atomic E-state index is 14.8. The molecular weight excluding hydrogens is 432 g/mol. The maximum absolute atomic E-state index is 14.8. The minimum absolute atomic E-state index is 0.00302. The third-order valence-electron chi connectivity index (χ3n) is 5.38. The van der Waals surface area contributed by atoms with Crippen LogP contribution in [0.25, 0.3) is 16.7 Å². The summed E-state index contributed by atoms with van der Waals surface area (Å²) < 4.78 is 66.5. The van der Waals surface area contributed by atoms with Gasteiger partial charge in [0, 0.05) is 11.5 Å². The van der Waals surface area contributed by atoms with Crippen LogP contribution in [0.3, 0.4) is 0 Å². The molecule has 1 heterocycles. The van der Waals surface area contributed by atoms with E-state index >= 15 is 0 Å². The van der Waals surface area contributed by atoms with E-state index in [1.54, 1.807) is 6.07 Å². The Labute approximate surface area is 192 Å². The molecule has 1 saturated heterocycles. The van der Waals surface area contributed by atoms with Crippen LogP contribution in [0.4, 0.5) is 17.6 Å². The maximum Gasteiger partial charge on any atom is 0.194 e. The summed E-state index contributed by atoms with van der Waals surface area (Å²) in [5.74, 6) is -4.54. The summed E-state index contributed by atoms with van der Waals surface area (Å²) in [5, 5.41) is 0. The first-order chi connectivity index (χ1) is 15.8. The van der Waals surface area contributed by atoms with Crippen molar-refractivity contribution in [2.45, 2.75) is 39.9 Å². The number of allylic oxidation sites excluding steroid dienone is 5. The molecule has 0 N–H and O–H groups in total. The first kappa shape index (κ1) is 24.9. The van der Waals surface area contributed by atoms with Crippen molar-refractivity contribution in [2.75, 3.05) is 13.2 Å². The Morgan fingerprint density at radius 3 is 2.18 bits per heavy atom. The van der Waals surface area contributed by atoms with Crippen molar-refractivity contribution in [3.05, 3.63) is 89.0 Å². The van der Waals surface area contributed by atoms with Gasteiger partial charge in [-0.2, -0.15) is 0 Å². The summed E-state index contributed by atoms with van der Waals surface area (Å²) in [6.07, 6.45) is 8.98. The molecule has 0 radical (unpaired) electrons. The number of ether oxygens (including phenoxy) is 2. The lowest BCUT2D eigenvalue weighted by Crippen LogP contribution is -2.31. The molecule has 0 saturated carbocycles. The highest BCUT2D eigenvalue weighted by Crippen LogP contribution is 2.29. The van der Waals surface area contributed by atoms with Crippen molar-refractivity contribution in [1.29, 1.82) is 0 Å². The van der Waals surface area contributed by atoms with Crippen LogP contribution in [0.1, 0.15) is 39.2 Å². The van der Waals surface area contributed by atoms with E-state index in [4.69, 9.17) is 9.47 Å². The fourth-order valence-corrected chi connectivity index (χ4v) is 3.61. The highest BCUT2D eigenvalue weighted by Gasteiger charge is 2.20. The molecule has 33 heavy (non-hydrogen) atoms. The molecule has 1 fully saturated rings. The number of unbranched alkanes of at least 4 members (excludes halogenated alkanes) is 1. The van der Waals surface area contributed by atoms with Crippen LogP contribution in [0.15, 0.2) is 60.2 Å². The van der Waals surface area contributed by atoms with E-state index in [1.807, 2.05) is 32.1 Å². The van der Waals surface area contributed by atoms with Gasteiger partial charge in [-0.1, -0.05) is 43.4 Å². The Morgan fingerprint density at radius 2 is 1.58 bits per heavy atom. The van der Waals surface area contributed by atoms with E-state index in [1.165, 1.54) is 12.1 Å². The van der Waals surface area contributed by atoms with Gasteiger partial charge in [-0.3, -0.25) is 0 Å². The van der Waals surface area contributed by atoms with E-state index in [0.717, 1.165) is 36.1 Å². The van der Waals surface area contributed by atoms with Gasteiger partial charge in [0.1, 0.15) is 5.82 Å². The monoisotopic (exact) mass is 460 g/mol. The highest BCUT2D eigenvalue weighted by atomic mass is 19.2. The summed E-state index contributed by atoms with van der Waals surface area (Å²) in [4.78, 5) is 0. The van der Waals surface area contributed by atoms with Gasteiger partial charge in [-0.05, 0) is 67.2 Å². The first-order valence-electron chi connectivity index (χ1n) is 11.0. The average molecular weight is 461 g/mol.